The van der Waals surface area contributed by atoms with Crippen molar-refractivity contribution in [3.63, 3.8) is 0 Å². The lowest BCUT2D eigenvalue weighted by Gasteiger charge is -2.05. The second kappa shape index (κ2) is 5.35. The summed E-state index contributed by atoms with van der Waals surface area (Å²) in [5.41, 5.74) is 3.76. The van der Waals surface area contributed by atoms with Gasteiger partial charge in [0.1, 0.15) is 0 Å². The number of carbonyl (C=O) groups is 1. The Kier molecular flexibility index (Phi) is 3.81. The third-order valence-corrected chi connectivity index (χ3v) is 3.43. The summed E-state index contributed by atoms with van der Waals surface area (Å²) in [6, 6.07) is 7.85. The van der Waals surface area contributed by atoms with Crippen LogP contribution >= 0.6 is 15.9 Å². The van der Waals surface area contributed by atoms with E-state index >= 15 is 0 Å². The smallest absolute Gasteiger partial charge is 0.303 e. The molecule has 0 saturated heterocycles. The van der Waals surface area contributed by atoms with E-state index in [4.69, 9.17) is 5.11 Å². The number of hydrogen-bond acceptors (Lipinski definition) is 2. The van der Waals surface area contributed by atoms with Crippen LogP contribution in [0.25, 0.3) is 11.1 Å². The summed E-state index contributed by atoms with van der Waals surface area (Å²) in [5, 5.41) is 15.9. The van der Waals surface area contributed by atoms with Gasteiger partial charge in [0, 0.05) is 22.2 Å². The summed E-state index contributed by atoms with van der Waals surface area (Å²) in [6.07, 6.45) is 0.512. The number of nitrogens with zero attached hydrogens (tertiary/aromatic N) is 1. The third kappa shape index (κ3) is 2.61. The van der Waals surface area contributed by atoms with Crippen LogP contribution in [0.15, 0.2) is 28.7 Å². The quantitative estimate of drug-likeness (QED) is 0.911. The van der Waals surface area contributed by atoms with Crippen molar-refractivity contribution >= 4 is 21.9 Å². The number of halogens is 1. The van der Waals surface area contributed by atoms with Gasteiger partial charge in [-0.2, -0.15) is 5.10 Å². The number of benzene rings is 1. The molecule has 0 radical (unpaired) electrons. The van der Waals surface area contributed by atoms with Crippen LogP contribution in [0.3, 0.4) is 0 Å². The van der Waals surface area contributed by atoms with Crippen LogP contribution in [0.1, 0.15) is 17.8 Å². The highest BCUT2D eigenvalue weighted by atomic mass is 79.9. The van der Waals surface area contributed by atoms with Crippen molar-refractivity contribution < 1.29 is 9.90 Å². The zero-order valence-corrected chi connectivity index (χ0v) is 11.5. The van der Waals surface area contributed by atoms with Crippen molar-refractivity contribution in [1.29, 1.82) is 0 Å². The van der Waals surface area contributed by atoms with Gasteiger partial charge in [-0.25, -0.2) is 0 Å². The zero-order valence-electron chi connectivity index (χ0n) is 9.90. The molecule has 0 aliphatic heterocycles. The summed E-state index contributed by atoms with van der Waals surface area (Å²) in [7, 11) is 0. The first-order valence-electron chi connectivity index (χ1n) is 5.60. The number of aromatic nitrogens is 2. The molecule has 1 aromatic carbocycles. The largest absolute Gasteiger partial charge is 0.481 e. The molecule has 5 heteroatoms. The molecule has 0 aliphatic carbocycles. The zero-order chi connectivity index (χ0) is 13.1. The van der Waals surface area contributed by atoms with Crippen molar-refractivity contribution in [1.82, 2.24) is 10.2 Å². The first kappa shape index (κ1) is 12.8. The topological polar surface area (TPSA) is 66.0 Å². The molecule has 1 heterocycles. The standard InChI is InChI=1S/C13H13BrN2O2/c1-8-13(9-4-2-3-5-10(9)14)11(16-15-8)6-7-12(17)18/h2-5H,6-7H2,1H3,(H,15,16)(H,17,18). The highest BCUT2D eigenvalue weighted by Crippen LogP contribution is 2.32. The molecule has 2 N–H and O–H groups in total. The Balaban J connectivity index is 2.41. The fraction of sp³-hybridized carbons (Fsp3) is 0.231. The summed E-state index contributed by atoms with van der Waals surface area (Å²) in [5.74, 6) is -0.811. The van der Waals surface area contributed by atoms with Gasteiger partial charge in [0.25, 0.3) is 0 Å². The maximum atomic E-state index is 10.6. The van der Waals surface area contributed by atoms with E-state index in [1.165, 1.54) is 0 Å². The third-order valence-electron chi connectivity index (χ3n) is 2.74. The molecular weight excluding hydrogens is 296 g/mol. The van der Waals surface area contributed by atoms with Gasteiger partial charge in [-0.1, -0.05) is 34.1 Å². The number of hydrogen-bond donors (Lipinski definition) is 2. The average molecular weight is 309 g/mol. The normalized spacial score (nSPS) is 10.6. The van der Waals surface area contributed by atoms with Crippen LogP contribution in [-0.4, -0.2) is 21.3 Å². The predicted octanol–water partition coefficient (Wildman–Crippen LogP) is 3.16. The Morgan fingerprint density at radius 2 is 2.17 bits per heavy atom. The number of aliphatic carboxylic acids is 1. The Morgan fingerprint density at radius 1 is 1.44 bits per heavy atom. The van der Waals surface area contributed by atoms with E-state index in [0.29, 0.717) is 6.42 Å². The fourth-order valence-electron chi connectivity index (χ4n) is 1.91. The number of carboxylic acids is 1. The van der Waals surface area contributed by atoms with Gasteiger partial charge < -0.3 is 5.11 Å². The highest BCUT2D eigenvalue weighted by molar-refractivity contribution is 9.10. The van der Waals surface area contributed by atoms with Crippen LogP contribution in [0.5, 0.6) is 0 Å². The molecule has 18 heavy (non-hydrogen) atoms. The fourth-order valence-corrected chi connectivity index (χ4v) is 2.39. The molecule has 0 bridgehead atoms. The molecular formula is C13H13BrN2O2. The number of aryl methyl sites for hydroxylation is 2. The summed E-state index contributed by atoms with van der Waals surface area (Å²) >= 11 is 3.51. The monoisotopic (exact) mass is 308 g/mol. The molecule has 1 aromatic heterocycles. The van der Waals surface area contributed by atoms with Crippen LogP contribution < -0.4 is 0 Å². The Labute approximate surface area is 113 Å². The van der Waals surface area contributed by atoms with E-state index in [2.05, 4.69) is 26.1 Å². The average Bonchev–Trinajstić information content (AvgIpc) is 2.69. The van der Waals surface area contributed by atoms with Gasteiger partial charge in [0.05, 0.1) is 12.1 Å². The number of H-pyrrole nitrogens is 1. The van der Waals surface area contributed by atoms with Crippen molar-refractivity contribution in [2.45, 2.75) is 19.8 Å². The van der Waals surface area contributed by atoms with Gasteiger partial charge in [-0.3, -0.25) is 9.89 Å². The summed E-state index contributed by atoms with van der Waals surface area (Å²) in [4.78, 5) is 10.6. The Hall–Kier alpha value is -1.62. The molecule has 0 amide bonds. The van der Waals surface area contributed by atoms with Crippen molar-refractivity contribution in [2.24, 2.45) is 0 Å². The van der Waals surface area contributed by atoms with Gasteiger partial charge >= 0.3 is 5.97 Å². The van der Waals surface area contributed by atoms with Gasteiger partial charge in [-0.05, 0) is 18.6 Å². The lowest BCUT2D eigenvalue weighted by molar-refractivity contribution is -0.136. The minimum absolute atomic E-state index is 0.0851. The van der Waals surface area contributed by atoms with E-state index < -0.39 is 5.97 Å². The van der Waals surface area contributed by atoms with Gasteiger partial charge in [-0.15, -0.1) is 0 Å². The van der Waals surface area contributed by atoms with Crippen molar-refractivity contribution in [3.05, 3.63) is 40.1 Å². The molecule has 4 nitrogen and oxygen atoms in total. The molecule has 0 fully saturated rings. The molecule has 0 spiro atoms. The molecule has 2 rings (SSSR count). The predicted molar refractivity (Wildman–Crippen MR) is 72.4 cm³/mol. The number of nitrogens with one attached hydrogen (secondary N) is 1. The van der Waals surface area contributed by atoms with Gasteiger partial charge in [0.15, 0.2) is 0 Å². The van der Waals surface area contributed by atoms with E-state index in [-0.39, 0.29) is 6.42 Å². The van der Waals surface area contributed by atoms with Crippen molar-refractivity contribution in [3.8, 4) is 11.1 Å². The van der Waals surface area contributed by atoms with Crippen LogP contribution in [0.4, 0.5) is 0 Å². The first-order chi connectivity index (χ1) is 8.59. The van der Waals surface area contributed by atoms with E-state index in [1.54, 1.807) is 0 Å². The van der Waals surface area contributed by atoms with Gasteiger partial charge in [0.2, 0.25) is 0 Å². The molecule has 94 valence electrons. The van der Waals surface area contributed by atoms with Crippen LogP contribution in [0.2, 0.25) is 0 Å². The second-order valence-corrected chi connectivity index (χ2v) is 4.90. The molecule has 0 saturated carbocycles. The Morgan fingerprint density at radius 3 is 2.83 bits per heavy atom. The minimum Gasteiger partial charge on any atom is -0.481 e. The first-order valence-corrected chi connectivity index (χ1v) is 6.39. The summed E-state index contributed by atoms with van der Waals surface area (Å²) in [6.45, 7) is 1.94. The van der Waals surface area contributed by atoms with E-state index in [9.17, 15) is 4.79 Å². The minimum atomic E-state index is -0.811. The summed E-state index contributed by atoms with van der Waals surface area (Å²) < 4.78 is 0.978. The SMILES string of the molecule is Cc1[nH]nc(CCC(=O)O)c1-c1ccccc1Br. The van der Waals surface area contributed by atoms with E-state index in [0.717, 1.165) is 27.0 Å². The lowest BCUT2D eigenvalue weighted by Crippen LogP contribution is -1.99. The van der Waals surface area contributed by atoms with Crippen LogP contribution in [0, 0.1) is 6.92 Å². The number of rotatable bonds is 4. The second-order valence-electron chi connectivity index (χ2n) is 4.04. The number of carboxylic acid groups (broad SMARTS) is 1. The maximum Gasteiger partial charge on any atom is 0.303 e. The molecule has 2 aromatic rings. The molecule has 0 unspecified atom stereocenters. The maximum absolute atomic E-state index is 10.6. The van der Waals surface area contributed by atoms with Crippen LogP contribution in [-0.2, 0) is 11.2 Å². The Bertz CT molecular complexity index is 578. The number of aromatic amines is 1. The molecule has 0 aliphatic rings. The van der Waals surface area contributed by atoms with Crippen molar-refractivity contribution in [2.75, 3.05) is 0 Å². The highest BCUT2D eigenvalue weighted by Gasteiger charge is 2.15. The molecule has 0 atom stereocenters. The lowest BCUT2D eigenvalue weighted by atomic mass is 10.0. The van der Waals surface area contributed by atoms with E-state index in [1.807, 2.05) is 31.2 Å².